The van der Waals surface area contributed by atoms with Crippen LogP contribution in [0.15, 0.2) is 18.2 Å². The molecule has 1 aliphatic heterocycles. The van der Waals surface area contributed by atoms with Crippen molar-refractivity contribution in [2.24, 2.45) is 0 Å². The van der Waals surface area contributed by atoms with Crippen molar-refractivity contribution in [3.05, 3.63) is 34.9 Å². The van der Waals surface area contributed by atoms with Gasteiger partial charge in [0.2, 0.25) is 15.9 Å². The molecule has 132 valence electrons. The van der Waals surface area contributed by atoms with E-state index in [0.29, 0.717) is 31.6 Å². The number of carbonyl (C=O) groups excluding carboxylic acids is 2. The molecule has 0 bridgehead atoms. The number of amides is 2. The topological polar surface area (TPSA) is 95.6 Å². The Morgan fingerprint density at radius 1 is 1.29 bits per heavy atom. The van der Waals surface area contributed by atoms with Gasteiger partial charge in [-0.05, 0) is 43.5 Å². The van der Waals surface area contributed by atoms with Crippen LogP contribution in [-0.4, -0.2) is 57.1 Å². The van der Waals surface area contributed by atoms with Crippen LogP contribution in [0.2, 0.25) is 0 Å². The molecule has 0 saturated carbocycles. The summed E-state index contributed by atoms with van der Waals surface area (Å²) < 4.78 is 24.8. The van der Waals surface area contributed by atoms with E-state index in [1.807, 2.05) is 26.0 Å². The molecule has 0 radical (unpaired) electrons. The largest absolute Gasteiger partial charge is 0.350 e. The van der Waals surface area contributed by atoms with E-state index < -0.39 is 16.1 Å². The van der Waals surface area contributed by atoms with E-state index in [9.17, 15) is 18.0 Å². The lowest BCUT2D eigenvalue weighted by atomic mass is 10.1. The molecule has 1 atom stereocenters. The highest BCUT2D eigenvalue weighted by Crippen LogP contribution is 2.12. The van der Waals surface area contributed by atoms with E-state index in [-0.39, 0.29) is 11.8 Å². The van der Waals surface area contributed by atoms with Crippen molar-refractivity contribution in [2.45, 2.75) is 26.3 Å². The normalized spacial score (nSPS) is 18.0. The molecule has 1 fully saturated rings. The first-order valence-corrected chi connectivity index (χ1v) is 9.68. The molecule has 2 rings (SSSR count). The fourth-order valence-corrected chi connectivity index (χ4v) is 3.35. The van der Waals surface area contributed by atoms with Crippen LogP contribution in [-0.2, 0) is 14.8 Å². The molecule has 0 aliphatic carbocycles. The molecule has 1 heterocycles. The van der Waals surface area contributed by atoms with Crippen LogP contribution in [0.4, 0.5) is 0 Å². The highest BCUT2D eigenvalue weighted by molar-refractivity contribution is 7.88. The quantitative estimate of drug-likeness (QED) is 0.763. The first kappa shape index (κ1) is 18.4. The molecule has 24 heavy (non-hydrogen) atoms. The van der Waals surface area contributed by atoms with Crippen molar-refractivity contribution in [1.82, 2.24) is 14.9 Å². The third kappa shape index (κ3) is 4.78. The van der Waals surface area contributed by atoms with Gasteiger partial charge < -0.3 is 10.2 Å². The van der Waals surface area contributed by atoms with Crippen molar-refractivity contribution in [1.29, 1.82) is 0 Å². The second kappa shape index (κ2) is 7.31. The third-order valence-corrected chi connectivity index (χ3v) is 4.80. The van der Waals surface area contributed by atoms with E-state index in [0.717, 1.165) is 17.4 Å². The van der Waals surface area contributed by atoms with Gasteiger partial charge in [0.1, 0.15) is 6.04 Å². The standard InChI is InChI=1S/C16H23N3O4S/c1-11-4-5-13(10-12(11)2)15(20)17-7-9-19-8-6-14(16(19)21)18-24(3,22)23/h4-5,10,14,18H,6-9H2,1-3H3,(H,17,20). The van der Waals surface area contributed by atoms with Crippen LogP contribution < -0.4 is 10.0 Å². The second-order valence-electron chi connectivity index (χ2n) is 6.11. The van der Waals surface area contributed by atoms with E-state index in [1.165, 1.54) is 0 Å². The monoisotopic (exact) mass is 353 g/mol. The van der Waals surface area contributed by atoms with Gasteiger partial charge in [-0.25, -0.2) is 13.1 Å². The van der Waals surface area contributed by atoms with Gasteiger partial charge in [0, 0.05) is 25.2 Å². The highest BCUT2D eigenvalue weighted by Gasteiger charge is 2.33. The number of benzene rings is 1. The smallest absolute Gasteiger partial charge is 0.251 e. The molecule has 1 aliphatic rings. The van der Waals surface area contributed by atoms with E-state index in [2.05, 4.69) is 10.0 Å². The number of nitrogens with zero attached hydrogens (tertiary/aromatic N) is 1. The van der Waals surface area contributed by atoms with Gasteiger partial charge in [0.05, 0.1) is 6.26 Å². The summed E-state index contributed by atoms with van der Waals surface area (Å²) in [5.74, 6) is -0.434. The predicted octanol–water partition coefficient (Wildman–Crippen LogP) is 0.183. The van der Waals surface area contributed by atoms with Crippen molar-refractivity contribution in [3.8, 4) is 0 Å². The molecule has 1 aromatic rings. The molecule has 1 saturated heterocycles. The Kier molecular flexibility index (Phi) is 5.61. The van der Waals surface area contributed by atoms with Crippen LogP contribution in [0.5, 0.6) is 0 Å². The molecule has 0 spiro atoms. The Morgan fingerprint density at radius 3 is 2.62 bits per heavy atom. The zero-order chi connectivity index (χ0) is 17.9. The van der Waals surface area contributed by atoms with Crippen LogP contribution in [0, 0.1) is 13.8 Å². The number of hydrogen-bond donors (Lipinski definition) is 2. The summed E-state index contributed by atoms with van der Waals surface area (Å²) in [7, 11) is -3.41. The summed E-state index contributed by atoms with van der Waals surface area (Å²) >= 11 is 0. The van der Waals surface area contributed by atoms with Crippen LogP contribution >= 0.6 is 0 Å². The molecule has 8 heteroatoms. The van der Waals surface area contributed by atoms with Gasteiger partial charge >= 0.3 is 0 Å². The molecule has 0 aromatic heterocycles. The summed E-state index contributed by atoms with van der Waals surface area (Å²) in [5.41, 5.74) is 2.76. The van der Waals surface area contributed by atoms with Crippen molar-refractivity contribution in [2.75, 3.05) is 25.9 Å². The zero-order valence-corrected chi connectivity index (χ0v) is 14.9. The van der Waals surface area contributed by atoms with Gasteiger partial charge in [-0.2, -0.15) is 0 Å². The lowest BCUT2D eigenvalue weighted by Crippen LogP contribution is -2.43. The number of likely N-dealkylation sites (tertiary alicyclic amines) is 1. The molecule has 7 nitrogen and oxygen atoms in total. The van der Waals surface area contributed by atoms with Crippen LogP contribution in [0.25, 0.3) is 0 Å². The van der Waals surface area contributed by atoms with Gasteiger partial charge in [0.15, 0.2) is 0 Å². The number of rotatable bonds is 6. The average molecular weight is 353 g/mol. The zero-order valence-electron chi connectivity index (χ0n) is 14.1. The lowest BCUT2D eigenvalue weighted by Gasteiger charge is -2.17. The lowest BCUT2D eigenvalue weighted by molar-refractivity contribution is -0.129. The molecule has 1 aromatic carbocycles. The van der Waals surface area contributed by atoms with Gasteiger partial charge in [-0.3, -0.25) is 9.59 Å². The van der Waals surface area contributed by atoms with E-state index in [4.69, 9.17) is 0 Å². The molecular formula is C16H23N3O4S. The maximum atomic E-state index is 12.1. The summed E-state index contributed by atoms with van der Waals surface area (Å²) in [6.45, 7) is 5.09. The number of aryl methyl sites for hydroxylation is 2. The number of hydrogen-bond acceptors (Lipinski definition) is 4. The number of nitrogens with one attached hydrogen (secondary N) is 2. The number of carbonyl (C=O) groups is 2. The Balaban J connectivity index is 1.83. The highest BCUT2D eigenvalue weighted by atomic mass is 32.2. The maximum Gasteiger partial charge on any atom is 0.251 e. The molecule has 1 unspecified atom stereocenters. The SMILES string of the molecule is Cc1ccc(C(=O)NCCN2CCC(NS(C)(=O)=O)C2=O)cc1C. The Hall–Kier alpha value is -1.93. The second-order valence-corrected chi connectivity index (χ2v) is 7.89. The van der Waals surface area contributed by atoms with Crippen molar-refractivity contribution < 1.29 is 18.0 Å². The Labute approximate surface area is 142 Å². The maximum absolute atomic E-state index is 12.1. The molecule has 2 N–H and O–H groups in total. The minimum absolute atomic E-state index is 0.185. The average Bonchev–Trinajstić information content (AvgIpc) is 2.81. The first-order valence-electron chi connectivity index (χ1n) is 7.79. The number of sulfonamides is 1. The van der Waals surface area contributed by atoms with E-state index >= 15 is 0 Å². The fourth-order valence-electron chi connectivity index (χ4n) is 2.62. The minimum Gasteiger partial charge on any atom is -0.350 e. The van der Waals surface area contributed by atoms with Crippen LogP contribution in [0.3, 0.4) is 0 Å². The van der Waals surface area contributed by atoms with Crippen molar-refractivity contribution >= 4 is 21.8 Å². The van der Waals surface area contributed by atoms with Crippen LogP contribution in [0.1, 0.15) is 27.9 Å². The first-order chi connectivity index (χ1) is 11.2. The van der Waals surface area contributed by atoms with Crippen molar-refractivity contribution in [3.63, 3.8) is 0 Å². The predicted molar refractivity (Wildman–Crippen MR) is 91.2 cm³/mol. The summed E-state index contributed by atoms with van der Waals surface area (Å²) in [6, 6.07) is 4.80. The van der Waals surface area contributed by atoms with Gasteiger partial charge in [0.25, 0.3) is 5.91 Å². The summed E-state index contributed by atoms with van der Waals surface area (Å²) in [4.78, 5) is 25.8. The van der Waals surface area contributed by atoms with Gasteiger partial charge in [-0.1, -0.05) is 6.07 Å². The minimum atomic E-state index is -3.41. The molecular weight excluding hydrogens is 330 g/mol. The third-order valence-electron chi connectivity index (χ3n) is 4.09. The summed E-state index contributed by atoms with van der Waals surface area (Å²) in [6.07, 6.45) is 1.48. The summed E-state index contributed by atoms with van der Waals surface area (Å²) in [5, 5.41) is 2.78. The molecule has 2 amide bonds. The van der Waals surface area contributed by atoms with E-state index in [1.54, 1.807) is 11.0 Å². The van der Waals surface area contributed by atoms with Gasteiger partial charge in [-0.15, -0.1) is 0 Å². The Morgan fingerprint density at radius 2 is 2.00 bits per heavy atom. The Bertz CT molecular complexity index is 746. The fraction of sp³-hybridized carbons (Fsp3) is 0.500.